The van der Waals surface area contributed by atoms with E-state index in [0.717, 1.165) is 6.54 Å². The number of aryl methyl sites for hydroxylation is 1. The molecule has 4 heteroatoms. The van der Waals surface area contributed by atoms with Crippen LogP contribution in [-0.2, 0) is 13.0 Å². The Hall–Kier alpha value is -0.590. The molecule has 0 radical (unpaired) electrons. The van der Waals surface area contributed by atoms with Gasteiger partial charge in [-0.15, -0.1) is 11.3 Å². The van der Waals surface area contributed by atoms with E-state index in [1.807, 2.05) is 11.3 Å². The van der Waals surface area contributed by atoms with Crippen LogP contribution in [0.25, 0.3) is 0 Å². The van der Waals surface area contributed by atoms with Crippen molar-refractivity contribution in [2.45, 2.75) is 31.8 Å². The van der Waals surface area contributed by atoms with Gasteiger partial charge in [-0.25, -0.2) is 0 Å². The lowest BCUT2D eigenvalue weighted by atomic mass is 9.94. The molecule has 1 heterocycles. The fraction of sp³-hybridized carbons (Fsp3) is 0.412. The van der Waals surface area contributed by atoms with E-state index in [9.17, 15) is 0 Å². The van der Waals surface area contributed by atoms with E-state index < -0.39 is 0 Å². The molecule has 0 saturated heterocycles. The Bertz CT molecular complexity index is 621. The number of halogens is 1. The van der Waals surface area contributed by atoms with Crippen molar-refractivity contribution in [3.05, 3.63) is 49.2 Å². The molecule has 0 spiro atoms. The highest BCUT2D eigenvalue weighted by molar-refractivity contribution is 14.1. The second-order valence-corrected chi connectivity index (χ2v) is 8.99. The maximum atomic E-state index is 3.75. The fourth-order valence-electron chi connectivity index (χ4n) is 3.00. The lowest BCUT2D eigenvalue weighted by Gasteiger charge is -2.25. The van der Waals surface area contributed by atoms with E-state index >= 15 is 0 Å². The molecular weight excluding hydrogens is 391 g/mol. The molecule has 1 aliphatic carbocycles. The molecule has 1 aliphatic rings. The standard InChI is InChI=1S/C17H21IN2S/c1-20(2)11-12-5-3-6-13(9-12)19-15-7-4-8-16-14(15)10-17(18)21-16/h3,5-6,9-10,15,19H,4,7-8,11H2,1-2H3. The second kappa shape index (κ2) is 6.67. The van der Waals surface area contributed by atoms with Crippen LogP contribution < -0.4 is 5.32 Å². The summed E-state index contributed by atoms with van der Waals surface area (Å²) in [5, 5.41) is 3.75. The summed E-state index contributed by atoms with van der Waals surface area (Å²) in [6.07, 6.45) is 3.78. The minimum atomic E-state index is 0.475. The summed E-state index contributed by atoms with van der Waals surface area (Å²) >= 11 is 4.40. The van der Waals surface area contributed by atoms with Gasteiger partial charge < -0.3 is 10.2 Å². The molecule has 0 fully saturated rings. The number of nitrogens with one attached hydrogen (secondary N) is 1. The van der Waals surface area contributed by atoms with Gasteiger partial charge in [-0.1, -0.05) is 12.1 Å². The minimum Gasteiger partial charge on any atom is -0.378 e. The number of hydrogen-bond donors (Lipinski definition) is 1. The zero-order valence-corrected chi connectivity index (χ0v) is 15.5. The molecule has 1 unspecified atom stereocenters. The number of nitrogens with zero attached hydrogens (tertiary/aromatic N) is 1. The topological polar surface area (TPSA) is 15.3 Å². The summed E-state index contributed by atoms with van der Waals surface area (Å²) in [5.41, 5.74) is 4.13. The summed E-state index contributed by atoms with van der Waals surface area (Å²) < 4.78 is 1.41. The van der Waals surface area contributed by atoms with Gasteiger partial charge in [0.1, 0.15) is 0 Å². The highest BCUT2D eigenvalue weighted by atomic mass is 127. The number of benzene rings is 1. The first-order valence-electron chi connectivity index (χ1n) is 7.40. The third-order valence-electron chi connectivity index (χ3n) is 3.85. The Morgan fingerprint density at radius 2 is 2.19 bits per heavy atom. The molecule has 2 aromatic rings. The van der Waals surface area contributed by atoms with Crippen LogP contribution in [0.5, 0.6) is 0 Å². The van der Waals surface area contributed by atoms with Gasteiger partial charge in [-0.05, 0) is 85.3 Å². The first-order chi connectivity index (χ1) is 10.1. The first kappa shape index (κ1) is 15.3. The summed E-state index contributed by atoms with van der Waals surface area (Å²) in [4.78, 5) is 3.78. The Kier molecular flexibility index (Phi) is 4.86. The summed E-state index contributed by atoms with van der Waals surface area (Å²) in [5.74, 6) is 0. The Labute approximate surface area is 144 Å². The largest absolute Gasteiger partial charge is 0.378 e. The maximum Gasteiger partial charge on any atom is 0.0660 e. The van der Waals surface area contributed by atoms with Crippen molar-refractivity contribution >= 4 is 39.6 Å². The van der Waals surface area contributed by atoms with Crippen molar-refractivity contribution in [2.24, 2.45) is 0 Å². The molecule has 0 aliphatic heterocycles. The van der Waals surface area contributed by atoms with E-state index in [0.29, 0.717) is 6.04 Å². The molecule has 21 heavy (non-hydrogen) atoms. The van der Waals surface area contributed by atoms with Gasteiger partial charge in [0.05, 0.1) is 8.93 Å². The summed E-state index contributed by atoms with van der Waals surface area (Å²) in [7, 11) is 4.22. The van der Waals surface area contributed by atoms with Crippen LogP contribution in [0, 0.1) is 2.88 Å². The molecule has 112 valence electrons. The molecule has 1 N–H and O–H groups in total. The Morgan fingerprint density at radius 1 is 1.33 bits per heavy atom. The predicted molar refractivity (Wildman–Crippen MR) is 100 cm³/mol. The van der Waals surface area contributed by atoms with Gasteiger partial charge >= 0.3 is 0 Å². The Morgan fingerprint density at radius 3 is 3.00 bits per heavy atom. The van der Waals surface area contributed by atoms with Gasteiger partial charge in [0.15, 0.2) is 0 Å². The molecular formula is C17H21IN2S. The van der Waals surface area contributed by atoms with E-state index in [1.54, 1.807) is 4.88 Å². The highest BCUT2D eigenvalue weighted by Crippen LogP contribution is 2.38. The van der Waals surface area contributed by atoms with Crippen molar-refractivity contribution < 1.29 is 0 Å². The highest BCUT2D eigenvalue weighted by Gasteiger charge is 2.22. The van der Waals surface area contributed by atoms with Crippen LogP contribution in [0.4, 0.5) is 5.69 Å². The molecule has 2 nitrogen and oxygen atoms in total. The number of rotatable bonds is 4. The van der Waals surface area contributed by atoms with Crippen LogP contribution in [0.1, 0.15) is 34.9 Å². The smallest absolute Gasteiger partial charge is 0.0660 e. The maximum absolute atomic E-state index is 3.75. The van der Waals surface area contributed by atoms with Crippen molar-refractivity contribution in [2.75, 3.05) is 19.4 Å². The van der Waals surface area contributed by atoms with Gasteiger partial charge in [0.2, 0.25) is 0 Å². The van der Waals surface area contributed by atoms with Gasteiger partial charge in [0, 0.05) is 17.1 Å². The predicted octanol–water partition coefficient (Wildman–Crippen LogP) is 4.90. The zero-order valence-electron chi connectivity index (χ0n) is 12.5. The van der Waals surface area contributed by atoms with Crippen LogP contribution in [-0.4, -0.2) is 19.0 Å². The van der Waals surface area contributed by atoms with Crippen molar-refractivity contribution in [1.29, 1.82) is 0 Å². The number of fused-ring (bicyclic) bond motifs is 1. The molecule has 3 rings (SSSR count). The summed E-state index contributed by atoms with van der Waals surface area (Å²) in [6, 6.07) is 11.7. The van der Waals surface area contributed by atoms with Crippen molar-refractivity contribution in [1.82, 2.24) is 4.90 Å². The van der Waals surface area contributed by atoms with E-state index in [4.69, 9.17) is 0 Å². The fourth-order valence-corrected chi connectivity index (χ4v) is 5.12. The van der Waals surface area contributed by atoms with E-state index in [1.165, 1.54) is 39.0 Å². The van der Waals surface area contributed by atoms with Gasteiger partial charge in [-0.3, -0.25) is 0 Å². The average Bonchev–Trinajstić information content (AvgIpc) is 2.80. The summed E-state index contributed by atoms with van der Waals surface area (Å²) in [6.45, 7) is 0.988. The SMILES string of the molecule is CN(C)Cc1cccc(NC2CCCc3sc(I)cc32)c1. The molecule has 0 saturated carbocycles. The molecule has 1 aromatic carbocycles. The average molecular weight is 412 g/mol. The zero-order chi connectivity index (χ0) is 14.8. The third-order valence-corrected chi connectivity index (χ3v) is 5.82. The van der Waals surface area contributed by atoms with Crippen LogP contribution in [0.3, 0.4) is 0 Å². The molecule has 1 aromatic heterocycles. The molecule has 0 bridgehead atoms. The molecule has 1 atom stereocenters. The van der Waals surface area contributed by atoms with Gasteiger partial charge in [-0.2, -0.15) is 0 Å². The normalized spacial score (nSPS) is 17.8. The Balaban J connectivity index is 1.78. The number of anilines is 1. The molecule has 0 amide bonds. The lowest BCUT2D eigenvalue weighted by molar-refractivity contribution is 0.402. The minimum absolute atomic E-state index is 0.475. The lowest BCUT2D eigenvalue weighted by Crippen LogP contribution is -2.16. The third kappa shape index (κ3) is 3.79. The van der Waals surface area contributed by atoms with Crippen LogP contribution in [0.15, 0.2) is 30.3 Å². The van der Waals surface area contributed by atoms with Crippen LogP contribution >= 0.6 is 33.9 Å². The van der Waals surface area contributed by atoms with Crippen molar-refractivity contribution in [3.8, 4) is 0 Å². The quantitative estimate of drug-likeness (QED) is 0.719. The number of hydrogen-bond acceptors (Lipinski definition) is 3. The van der Waals surface area contributed by atoms with Crippen LogP contribution in [0.2, 0.25) is 0 Å². The number of thiophene rings is 1. The first-order valence-corrected chi connectivity index (χ1v) is 9.29. The van der Waals surface area contributed by atoms with E-state index in [2.05, 4.69) is 77.2 Å². The second-order valence-electron chi connectivity index (χ2n) is 5.96. The van der Waals surface area contributed by atoms with Crippen molar-refractivity contribution in [3.63, 3.8) is 0 Å². The monoisotopic (exact) mass is 412 g/mol. The van der Waals surface area contributed by atoms with E-state index in [-0.39, 0.29) is 0 Å². The van der Waals surface area contributed by atoms with Gasteiger partial charge in [0.25, 0.3) is 0 Å².